The fourth-order valence-electron chi connectivity index (χ4n) is 10.2. The maximum absolute atomic E-state index is 13.8. The Morgan fingerprint density at radius 3 is 1.91 bits per heavy atom. The highest BCUT2D eigenvalue weighted by Gasteiger charge is 2.46. The average molecular weight is 745 g/mol. The average Bonchev–Trinajstić information content (AvgIpc) is 3.71. The lowest BCUT2D eigenvalue weighted by Crippen LogP contribution is -2.15. The van der Waals surface area contributed by atoms with Gasteiger partial charge in [-0.05, 0) is 112 Å². The molecule has 0 aliphatic heterocycles. The quantitative estimate of drug-likeness (QED) is 0.158. The topological polar surface area (TPSA) is 0 Å². The molecule has 5 aliphatic carbocycles. The lowest BCUT2D eigenvalue weighted by Gasteiger charge is -2.30. The van der Waals surface area contributed by atoms with Crippen molar-refractivity contribution in [3.8, 4) is 33.4 Å². The van der Waals surface area contributed by atoms with Gasteiger partial charge in [0.15, 0.2) is 0 Å². The minimum absolute atomic E-state index is 0.104. The smallest absolute Gasteiger partial charge is 0.166 e. The van der Waals surface area contributed by atoms with Gasteiger partial charge >= 0.3 is 12.4 Å². The van der Waals surface area contributed by atoms with Crippen LogP contribution in [0.25, 0.3) is 66.1 Å². The van der Waals surface area contributed by atoms with Crippen LogP contribution >= 0.6 is 0 Å². The van der Waals surface area contributed by atoms with Crippen molar-refractivity contribution in [3.63, 3.8) is 0 Å². The Morgan fingerprint density at radius 1 is 0.518 bits per heavy atom. The van der Waals surface area contributed by atoms with Crippen LogP contribution in [0, 0.1) is 5.92 Å². The summed E-state index contributed by atoms with van der Waals surface area (Å²) in [4.78, 5) is 0. The summed E-state index contributed by atoms with van der Waals surface area (Å²) in [7, 11) is 0. The Labute approximate surface area is 318 Å². The van der Waals surface area contributed by atoms with Gasteiger partial charge in [0, 0.05) is 17.8 Å². The highest BCUT2D eigenvalue weighted by Crippen LogP contribution is 2.62. The van der Waals surface area contributed by atoms with E-state index in [2.05, 4.69) is 85.0 Å². The van der Waals surface area contributed by atoms with E-state index in [1.165, 1.54) is 45.2 Å². The highest BCUT2D eigenvalue weighted by atomic mass is 19.4. The van der Waals surface area contributed by atoms with Crippen molar-refractivity contribution in [1.82, 2.24) is 0 Å². The Morgan fingerprint density at radius 2 is 1.20 bits per heavy atom. The third-order valence-electron chi connectivity index (χ3n) is 12.4. The van der Waals surface area contributed by atoms with Crippen LogP contribution in [0.2, 0.25) is 0 Å². The summed E-state index contributed by atoms with van der Waals surface area (Å²) < 4.78 is 82.9. The predicted octanol–water partition coefficient (Wildman–Crippen LogP) is 14.5. The minimum atomic E-state index is -4.48. The highest BCUT2D eigenvalue weighted by molar-refractivity contribution is 6.19. The second-order valence-electron chi connectivity index (χ2n) is 15.2. The van der Waals surface area contributed by atoms with Gasteiger partial charge in [0.2, 0.25) is 0 Å². The van der Waals surface area contributed by atoms with Crippen LogP contribution in [0.15, 0.2) is 163 Å². The molecule has 6 heteroatoms. The summed E-state index contributed by atoms with van der Waals surface area (Å²) in [6.45, 7) is 0. The molecular formula is C50H30F6. The molecule has 56 heavy (non-hydrogen) atoms. The predicted molar refractivity (Wildman–Crippen MR) is 213 cm³/mol. The van der Waals surface area contributed by atoms with E-state index >= 15 is 0 Å². The Bertz CT molecular complexity index is 2880. The second kappa shape index (κ2) is 11.7. The lowest BCUT2D eigenvalue weighted by atomic mass is 9.72. The zero-order valence-corrected chi connectivity index (χ0v) is 29.6. The molecule has 0 aromatic heterocycles. The van der Waals surface area contributed by atoms with Gasteiger partial charge in [-0.2, -0.15) is 26.3 Å². The van der Waals surface area contributed by atoms with E-state index in [9.17, 15) is 26.3 Å². The molecule has 0 heterocycles. The number of hydrogen-bond donors (Lipinski definition) is 0. The zero-order chi connectivity index (χ0) is 38.1. The molecule has 0 amide bonds. The molecule has 5 aliphatic rings. The second-order valence-corrected chi connectivity index (χ2v) is 15.2. The first kappa shape index (κ1) is 33.2. The number of fused-ring (bicyclic) bond motifs is 7. The number of halogens is 6. The summed E-state index contributed by atoms with van der Waals surface area (Å²) >= 11 is 0. The number of hydrogen-bond acceptors (Lipinski definition) is 0. The molecule has 0 bridgehead atoms. The summed E-state index contributed by atoms with van der Waals surface area (Å²) in [5.74, 6) is -0.606. The molecule has 0 radical (unpaired) electrons. The van der Waals surface area contributed by atoms with Crippen molar-refractivity contribution in [3.05, 3.63) is 191 Å². The lowest BCUT2D eigenvalue weighted by molar-refractivity contribution is -0.137. The normalized spacial score (nSPS) is 20.4. The van der Waals surface area contributed by atoms with E-state index in [1.807, 2.05) is 24.3 Å². The van der Waals surface area contributed by atoms with Gasteiger partial charge in [-0.25, -0.2) is 0 Å². The summed E-state index contributed by atoms with van der Waals surface area (Å²) in [6, 6.07) is 32.6. The van der Waals surface area contributed by atoms with Crippen LogP contribution in [0.1, 0.15) is 46.1 Å². The molecule has 6 aromatic rings. The van der Waals surface area contributed by atoms with Crippen LogP contribution in [-0.4, -0.2) is 6.18 Å². The number of rotatable bonds is 3. The first-order chi connectivity index (χ1) is 27.1. The molecule has 0 N–H and O–H groups in total. The Kier molecular flexibility index (Phi) is 6.93. The molecule has 0 fully saturated rings. The zero-order valence-electron chi connectivity index (χ0n) is 29.6. The van der Waals surface area contributed by atoms with E-state index in [0.717, 1.165) is 67.4 Å². The van der Waals surface area contributed by atoms with E-state index in [1.54, 1.807) is 18.2 Å². The molecule has 3 unspecified atom stereocenters. The van der Waals surface area contributed by atoms with Gasteiger partial charge < -0.3 is 0 Å². The van der Waals surface area contributed by atoms with Crippen LogP contribution < -0.4 is 0 Å². The van der Waals surface area contributed by atoms with Crippen molar-refractivity contribution >= 4 is 32.7 Å². The summed E-state index contributed by atoms with van der Waals surface area (Å²) in [5.41, 5.74) is 12.4. The SMILES string of the molecule is FC(F)(F)C1=CCC(c2c3c(c(-c4ccc(C(F)(F)F)cc4)c4ccccc24)C2C=CC=C4C(c5ccc6c7c(cccc57)-c5ccccc5-6)=CC=C3C42)C=C1. The molecular weight excluding hydrogens is 715 g/mol. The molecule has 3 atom stereocenters. The van der Waals surface area contributed by atoms with Gasteiger partial charge in [0.1, 0.15) is 0 Å². The van der Waals surface area contributed by atoms with Crippen molar-refractivity contribution in [2.75, 3.05) is 0 Å². The van der Waals surface area contributed by atoms with Crippen molar-refractivity contribution in [1.29, 1.82) is 0 Å². The van der Waals surface area contributed by atoms with Crippen molar-refractivity contribution < 1.29 is 26.3 Å². The molecule has 0 spiro atoms. The van der Waals surface area contributed by atoms with Gasteiger partial charge in [-0.1, -0.05) is 140 Å². The molecule has 0 saturated heterocycles. The molecule has 0 saturated carbocycles. The van der Waals surface area contributed by atoms with Crippen LogP contribution in [0.4, 0.5) is 26.3 Å². The van der Waals surface area contributed by atoms with Gasteiger partial charge in [0.25, 0.3) is 0 Å². The molecule has 0 nitrogen and oxygen atoms in total. The summed E-state index contributed by atoms with van der Waals surface area (Å²) in [5, 5.41) is 4.14. The largest absolute Gasteiger partial charge is 0.416 e. The van der Waals surface area contributed by atoms with Crippen molar-refractivity contribution in [2.45, 2.75) is 30.6 Å². The molecule has 6 aromatic carbocycles. The van der Waals surface area contributed by atoms with E-state index in [0.29, 0.717) is 5.56 Å². The third kappa shape index (κ3) is 4.68. The van der Waals surface area contributed by atoms with Crippen molar-refractivity contribution in [2.24, 2.45) is 5.92 Å². The first-order valence-corrected chi connectivity index (χ1v) is 18.8. The standard InChI is InChI=1S/C50H30F6/c51-49(52,53)29-19-15-27(16-20-29)43-38-9-3-4-10-39(38)44(28-17-21-30(22-18-28)50(54,55)56)48-42-26-24-34(37-13-6-14-41(46(37)42)47(43)48)33-23-25-40-32-8-2-1-7-31(32)35-11-5-12-36(33)45(35)40/h1-17,19-26,28,41,46H,18H2. The number of benzene rings is 6. The molecule has 11 rings (SSSR count). The summed E-state index contributed by atoms with van der Waals surface area (Å²) in [6.07, 6.45) is 6.21. The van der Waals surface area contributed by atoms with E-state index < -0.39 is 23.5 Å². The van der Waals surface area contributed by atoms with Gasteiger partial charge in [0.05, 0.1) is 11.1 Å². The first-order valence-electron chi connectivity index (χ1n) is 18.8. The minimum Gasteiger partial charge on any atom is -0.166 e. The van der Waals surface area contributed by atoms with Gasteiger partial charge in [-0.3, -0.25) is 0 Å². The van der Waals surface area contributed by atoms with Crippen LogP contribution in [0.5, 0.6) is 0 Å². The number of alkyl halides is 6. The number of allylic oxidation sites excluding steroid dienone is 12. The fourth-order valence-corrected chi connectivity index (χ4v) is 10.2. The Hall–Kier alpha value is -6.14. The van der Waals surface area contributed by atoms with Crippen LogP contribution in [-0.2, 0) is 6.18 Å². The maximum Gasteiger partial charge on any atom is 0.416 e. The van der Waals surface area contributed by atoms with E-state index in [-0.39, 0.29) is 24.2 Å². The fraction of sp³-hybridized carbons (Fsp3) is 0.120. The monoisotopic (exact) mass is 744 g/mol. The Balaban J connectivity index is 1.15. The van der Waals surface area contributed by atoms with Crippen LogP contribution in [0.3, 0.4) is 0 Å². The third-order valence-corrected chi connectivity index (χ3v) is 12.4. The van der Waals surface area contributed by atoms with Gasteiger partial charge in [-0.15, -0.1) is 0 Å². The van der Waals surface area contributed by atoms with E-state index in [4.69, 9.17) is 0 Å². The maximum atomic E-state index is 13.8. The molecule has 272 valence electrons.